The van der Waals surface area contributed by atoms with Crippen LogP contribution in [-0.2, 0) is 11.2 Å². The maximum absolute atomic E-state index is 14.5. The SMILES string of the molecule is CCC(C(=O)N1CCN(CC)CC1)n1c(Cc2ccccc2F)nc2cc(C)c(C)cc21. The number of carbonyl (C=O) groups is 1. The number of imidazole rings is 1. The summed E-state index contributed by atoms with van der Waals surface area (Å²) in [6.45, 7) is 12.7. The first-order chi connectivity index (χ1) is 15.4. The molecule has 0 bridgehead atoms. The Morgan fingerprint density at radius 2 is 1.75 bits per heavy atom. The molecule has 1 aliphatic rings. The van der Waals surface area contributed by atoms with E-state index >= 15 is 0 Å². The van der Waals surface area contributed by atoms with Crippen molar-refractivity contribution in [2.75, 3.05) is 32.7 Å². The van der Waals surface area contributed by atoms with Crippen LogP contribution >= 0.6 is 0 Å². The van der Waals surface area contributed by atoms with Gasteiger partial charge >= 0.3 is 0 Å². The minimum atomic E-state index is -0.350. The van der Waals surface area contributed by atoms with Gasteiger partial charge < -0.3 is 14.4 Å². The van der Waals surface area contributed by atoms with Crippen LogP contribution in [0.15, 0.2) is 36.4 Å². The first-order valence-electron chi connectivity index (χ1n) is 11.7. The van der Waals surface area contributed by atoms with Crippen LogP contribution in [0.25, 0.3) is 11.0 Å². The zero-order valence-corrected chi connectivity index (χ0v) is 19.6. The summed E-state index contributed by atoms with van der Waals surface area (Å²) in [7, 11) is 0. The van der Waals surface area contributed by atoms with Crippen molar-refractivity contribution < 1.29 is 9.18 Å². The molecule has 0 spiro atoms. The summed E-state index contributed by atoms with van der Waals surface area (Å²) in [5, 5.41) is 0. The van der Waals surface area contributed by atoms with Crippen LogP contribution in [0.2, 0.25) is 0 Å². The second-order valence-electron chi connectivity index (χ2n) is 8.77. The van der Waals surface area contributed by atoms with Gasteiger partial charge in [0.2, 0.25) is 5.91 Å². The summed E-state index contributed by atoms with van der Waals surface area (Å²) >= 11 is 0. The largest absolute Gasteiger partial charge is 0.338 e. The van der Waals surface area contributed by atoms with Gasteiger partial charge in [-0.15, -0.1) is 0 Å². The predicted molar refractivity (Wildman–Crippen MR) is 126 cm³/mol. The highest BCUT2D eigenvalue weighted by molar-refractivity contribution is 5.85. The third kappa shape index (κ3) is 4.29. The molecular formula is C26H33FN4O. The maximum atomic E-state index is 14.5. The molecule has 1 atom stereocenters. The fourth-order valence-electron chi connectivity index (χ4n) is 4.65. The van der Waals surface area contributed by atoms with E-state index in [1.54, 1.807) is 12.1 Å². The zero-order valence-electron chi connectivity index (χ0n) is 19.6. The molecule has 0 N–H and O–H groups in total. The smallest absolute Gasteiger partial charge is 0.245 e. The Balaban J connectivity index is 1.76. The molecular weight excluding hydrogens is 403 g/mol. The summed E-state index contributed by atoms with van der Waals surface area (Å²) in [6.07, 6.45) is 1.02. The number of hydrogen-bond donors (Lipinski definition) is 0. The molecule has 0 aliphatic carbocycles. The molecule has 32 heavy (non-hydrogen) atoms. The van der Waals surface area contributed by atoms with E-state index < -0.39 is 0 Å². The number of hydrogen-bond acceptors (Lipinski definition) is 3. The number of benzene rings is 2. The molecule has 1 aromatic heterocycles. The molecule has 1 unspecified atom stereocenters. The first-order valence-corrected chi connectivity index (χ1v) is 11.7. The Bertz CT molecular complexity index is 1110. The molecule has 1 saturated heterocycles. The Hall–Kier alpha value is -2.73. The number of fused-ring (bicyclic) bond motifs is 1. The first kappa shape index (κ1) is 22.5. The van der Waals surface area contributed by atoms with Gasteiger partial charge in [-0.2, -0.15) is 0 Å². The number of carbonyl (C=O) groups excluding carboxylic acids is 1. The van der Waals surface area contributed by atoms with Crippen LogP contribution in [0, 0.1) is 19.7 Å². The fourth-order valence-corrected chi connectivity index (χ4v) is 4.65. The van der Waals surface area contributed by atoms with Crippen LogP contribution < -0.4 is 0 Å². The number of aryl methyl sites for hydroxylation is 2. The Morgan fingerprint density at radius 3 is 2.41 bits per heavy atom. The number of likely N-dealkylation sites (N-methyl/N-ethyl adjacent to an activating group) is 1. The van der Waals surface area contributed by atoms with Gasteiger partial charge in [-0.05, 0) is 61.7 Å². The maximum Gasteiger partial charge on any atom is 0.245 e. The van der Waals surface area contributed by atoms with Gasteiger partial charge in [0, 0.05) is 32.6 Å². The van der Waals surface area contributed by atoms with Crippen molar-refractivity contribution in [1.82, 2.24) is 19.4 Å². The minimum Gasteiger partial charge on any atom is -0.338 e. The van der Waals surface area contributed by atoms with Gasteiger partial charge in [-0.25, -0.2) is 9.37 Å². The number of nitrogens with zero attached hydrogens (tertiary/aromatic N) is 4. The number of halogens is 1. The summed E-state index contributed by atoms with van der Waals surface area (Å²) in [5.74, 6) is 0.631. The van der Waals surface area contributed by atoms with E-state index in [4.69, 9.17) is 4.98 Å². The van der Waals surface area contributed by atoms with Crippen molar-refractivity contribution in [3.63, 3.8) is 0 Å². The molecule has 2 aromatic carbocycles. The van der Waals surface area contributed by atoms with E-state index in [-0.39, 0.29) is 17.8 Å². The lowest BCUT2D eigenvalue weighted by atomic mass is 10.1. The highest BCUT2D eigenvalue weighted by Crippen LogP contribution is 2.29. The van der Waals surface area contributed by atoms with Gasteiger partial charge in [0.05, 0.1) is 11.0 Å². The normalized spacial score (nSPS) is 16.0. The van der Waals surface area contributed by atoms with Gasteiger partial charge in [0.1, 0.15) is 17.7 Å². The van der Waals surface area contributed by atoms with E-state index in [0.717, 1.165) is 60.7 Å². The number of piperazine rings is 1. The van der Waals surface area contributed by atoms with Gasteiger partial charge in [0.25, 0.3) is 0 Å². The minimum absolute atomic E-state index is 0.135. The molecule has 6 heteroatoms. The lowest BCUT2D eigenvalue weighted by molar-refractivity contribution is -0.136. The van der Waals surface area contributed by atoms with Crippen LogP contribution in [0.5, 0.6) is 0 Å². The molecule has 1 fully saturated rings. The number of amides is 1. The van der Waals surface area contributed by atoms with Crippen molar-refractivity contribution in [3.8, 4) is 0 Å². The molecule has 170 valence electrons. The Labute approximate surface area is 189 Å². The van der Waals surface area contributed by atoms with Gasteiger partial charge in [-0.3, -0.25) is 4.79 Å². The van der Waals surface area contributed by atoms with Crippen LogP contribution in [-0.4, -0.2) is 58.0 Å². The van der Waals surface area contributed by atoms with Crippen LogP contribution in [0.4, 0.5) is 4.39 Å². The summed E-state index contributed by atoms with van der Waals surface area (Å²) in [5.41, 5.74) is 4.73. The summed E-state index contributed by atoms with van der Waals surface area (Å²) in [4.78, 5) is 22.9. The van der Waals surface area contributed by atoms with E-state index in [9.17, 15) is 9.18 Å². The predicted octanol–water partition coefficient (Wildman–Crippen LogP) is 4.50. The molecule has 2 heterocycles. The van der Waals surface area contributed by atoms with Gasteiger partial charge in [0.15, 0.2) is 0 Å². The van der Waals surface area contributed by atoms with Crippen molar-refractivity contribution in [2.45, 2.75) is 46.6 Å². The average molecular weight is 437 g/mol. The van der Waals surface area contributed by atoms with E-state index in [1.807, 2.05) is 17.9 Å². The van der Waals surface area contributed by atoms with E-state index in [0.29, 0.717) is 18.4 Å². The molecule has 3 aromatic rings. The van der Waals surface area contributed by atoms with E-state index in [2.05, 4.69) is 42.4 Å². The van der Waals surface area contributed by atoms with Gasteiger partial charge in [-0.1, -0.05) is 32.0 Å². The Morgan fingerprint density at radius 1 is 1.06 bits per heavy atom. The van der Waals surface area contributed by atoms with Crippen molar-refractivity contribution in [1.29, 1.82) is 0 Å². The van der Waals surface area contributed by atoms with Crippen molar-refractivity contribution >= 4 is 16.9 Å². The van der Waals surface area contributed by atoms with Crippen molar-refractivity contribution in [3.05, 3.63) is 64.7 Å². The molecule has 0 radical (unpaired) electrons. The zero-order chi connectivity index (χ0) is 22.8. The highest BCUT2D eigenvalue weighted by atomic mass is 19.1. The lowest BCUT2D eigenvalue weighted by Crippen LogP contribution is -2.50. The quantitative estimate of drug-likeness (QED) is 0.571. The third-order valence-corrected chi connectivity index (χ3v) is 6.80. The average Bonchev–Trinajstić information content (AvgIpc) is 3.12. The molecule has 1 aliphatic heterocycles. The van der Waals surface area contributed by atoms with E-state index in [1.165, 1.54) is 6.07 Å². The molecule has 1 amide bonds. The Kier molecular flexibility index (Phi) is 6.60. The topological polar surface area (TPSA) is 41.4 Å². The van der Waals surface area contributed by atoms with Crippen molar-refractivity contribution in [2.24, 2.45) is 0 Å². The molecule has 4 rings (SSSR count). The van der Waals surface area contributed by atoms with Crippen LogP contribution in [0.1, 0.15) is 48.8 Å². The standard InChI is InChI=1S/C26H33FN4O/c1-5-23(26(32)30-13-11-29(6-2)12-14-30)31-24-16-19(4)18(3)15-22(24)28-25(31)17-20-9-7-8-10-21(20)27/h7-10,15-16,23H,5-6,11-14,17H2,1-4H3. The lowest BCUT2D eigenvalue weighted by Gasteiger charge is -2.36. The third-order valence-electron chi connectivity index (χ3n) is 6.80. The van der Waals surface area contributed by atoms with Crippen LogP contribution in [0.3, 0.4) is 0 Å². The summed E-state index contributed by atoms with van der Waals surface area (Å²) < 4.78 is 16.5. The molecule has 0 saturated carbocycles. The number of aromatic nitrogens is 2. The molecule has 5 nitrogen and oxygen atoms in total. The summed E-state index contributed by atoms with van der Waals surface area (Å²) in [6, 6.07) is 10.7. The second kappa shape index (κ2) is 9.41. The fraction of sp³-hybridized carbons (Fsp3) is 0.462. The highest BCUT2D eigenvalue weighted by Gasteiger charge is 2.30. The number of rotatable bonds is 6. The second-order valence-corrected chi connectivity index (χ2v) is 8.77. The monoisotopic (exact) mass is 436 g/mol.